The van der Waals surface area contributed by atoms with Gasteiger partial charge in [-0.05, 0) is 0 Å². The molecule has 1 atom stereocenters. The maximum atomic E-state index is 13.0. The Hall–Kier alpha value is -2.05. The van der Waals surface area contributed by atoms with Gasteiger partial charge in [-0.2, -0.15) is 13.2 Å². The van der Waals surface area contributed by atoms with E-state index >= 15 is 0 Å². The van der Waals surface area contributed by atoms with Gasteiger partial charge in [-0.3, -0.25) is 0 Å². The number of amidine groups is 1. The summed E-state index contributed by atoms with van der Waals surface area (Å²) in [6.07, 6.45) is -0.372. The van der Waals surface area contributed by atoms with Crippen molar-refractivity contribution in [3.63, 3.8) is 0 Å². The summed E-state index contributed by atoms with van der Waals surface area (Å²) in [6, 6.07) is 10.7. The van der Waals surface area contributed by atoms with Crippen LogP contribution in [0.1, 0.15) is 67.6 Å². The predicted molar refractivity (Wildman–Crippen MR) is 174 cm³/mol. The average molecular weight is 704 g/mol. The predicted octanol–water partition coefficient (Wildman–Crippen LogP) is 8.01. The normalized spacial score (nSPS) is 19.9. The van der Waals surface area contributed by atoms with Crippen molar-refractivity contribution in [2.24, 2.45) is 4.99 Å². The number of hydrogen-bond donors (Lipinski definition) is 1. The van der Waals surface area contributed by atoms with Gasteiger partial charge in [-0.1, -0.05) is 13.8 Å². The number of ketones is 1. The number of thioether (sulfide) groups is 1. The molecule has 0 amide bonds. The van der Waals surface area contributed by atoms with Crippen LogP contribution < -0.4 is 0 Å². The molecule has 226 valence electrons. The Morgan fingerprint density at radius 2 is 1.90 bits per heavy atom. The van der Waals surface area contributed by atoms with Gasteiger partial charge < -0.3 is 0 Å². The monoisotopic (exact) mass is 703 g/mol. The summed E-state index contributed by atoms with van der Waals surface area (Å²) >= 11 is 0.636. The number of carbonyl (C=O) groups is 1. The average Bonchev–Trinajstić information content (AvgIpc) is 3.52. The fraction of sp³-hybridized carbons (Fsp3) is 0.484. The molecule has 5 nitrogen and oxygen atoms in total. The molecule has 4 rings (SSSR count). The van der Waals surface area contributed by atoms with Crippen LogP contribution in [0.15, 0.2) is 58.6 Å². The second kappa shape index (κ2) is 14.4. The van der Waals surface area contributed by atoms with Gasteiger partial charge in [0.05, 0.1) is 5.56 Å². The van der Waals surface area contributed by atoms with E-state index in [1.807, 2.05) is 37.9 Å². The fourth-order valence-electron chi connectivity index (χ4n) is 4.99. The molecule has 0 unspecified atom stereocenters. The van der Waals surface area contributed by atoms with Crippen molar-refractivity contribution in [2.45, 2.75) is 50.1 Å². The molecule has 1 N–H and O–H groups in total. The Morgan fingerprint density at radius 1 is 1.22 bits per heavy atom. The number of allylic oxidation sites excluding steroid dienone is 1. The summed E-state index contributed by atoms with van der Waals surface area (Å²) in [5.74, 6) is 1.51. The number of carbonyl (C=O) groups excluding carboxylic acids is 1. The zero-order valence-electron chi connectivity index (χ0n) is 24.7. The minimum atomic E-state index is -4.36. The van der Waals surface area contributed by atoms with Crippen LogP contribution in [0.4, 0.5) is 13.2 Å². The number of hydrogen-bond acceptors (Lipinski definition) is 5. The number of halogens is 4. The third-order valence-electron chi connectivity index (χ3n) is 7.07. The number of benzene rings is 2. The standard InChI is InChI=1S/C29H35F3IN3O2S.C2H6/c1-5-7-26(35(4)27(34-3)21-8-10-22(11-9-21)29(30,31)32)39-15-6-14-36-18-28(17-33(28)19-36)23-12-13-25(38)24(16-23)20(2)37;1-2/h7-13,16,38H,5-6,14-15,17-19H2,1-4H3;1-2H3/b26-7+,34-27?;/t28-;/m0./s1. The Kier molecular flexibility index (Phi) is 11.8. The zero-order valence-corrected chi connectivity index (χ0v) is 27.7. The van der Waals surface area contributed by atoms with Crippen LogP contribution in [-0.4, -0.2) is 68.4 Å². The third kappa shape index (κ3) is 7.87. The second-order valence-electron chi connectivity index (χ2n) is 9.85. The maximum absolute atomic E-state index is 13.0. The molecule has 0 bridgehead atoms. The summed E-state index contributed by atoms with van der Waals surface area (Å²) in [4.78, 5) is 20.8. The van der Waals surface area contributed by atoms with E-state index < -0.39 is 31.6 Å². The van der Waals surface area contributed by atoms with E-state index in [1.54, 1.807) is 24.9 Å². The number of fused-ring (bicyclic) bond motifs is 1. The minimum absolute atomic E-state index is 0.0611. The molecule has 0 spiro atoms. The van der Waals surface area contributed by atoms with E-state index in [4.69, 9.17) is 0 Å². The first-order chi connectivity index (χ1) is 19.5. The van der Waals surface area contributed by atoms with Crippen molar-refractivity contribution in [1.82, 2.24) is 9.80 Å². The van der Waals surface area contributed by atoms with Crippen LogP contribution in [0, 0.1) is 0 Å². The molecule has 2 fully saturated rings. The van der Waals surface area contributed by atoms with E-state index in [0.717, 1.165) is 48.8 Å². The summed E-state index contributed by atoms with van der Waals surface area (Å²) in [5, 5.41) is 11.1. The summed E-state index contributed by atoms with van der Waals surface area (Å²) < 4.78 is 41.7. The Morgan fingerprint density at radius 3 is 2.49 bits per heavy atom. The molecule has 2 aliphatic heterocycles. The van der Waals surface area contributed by atoms with Crippen LogP contribution in [-0.2, 0) is 9.60 Å². The first kappa shape index (κ1) is 33.5. The molecular weight excluding hydrogens is 662 g/mol. The van der Waals surface area contributed by atoms with Crippen molar-refractivity contribution >= 4 is 43.2 Å². The van der Waals surface area contributed by atoms with Crippen LogP contribution in [0.2, 0.25) is 0 Å². The van der Waals surface area contributed by atoms with Crippen molar-refractivity contribution < 1.29 is 23.1 Å². The molecule has 2 heterocycles. The Labute approximate surface area is 253 Å². The molecule has 0 aromatic heterocycles. The second-order valence-corrected chi connectivity index (χ2v) is 17.1. The molecule has 2 aromatic rings. The number of rotatable bonds is 10. The van der Waals surface area contributed by atoms with Gasteiger partial charge in [-0.15, -0.1) is 0 Å². The molecule has 2 saturated heterocycles. The summed E-state index contributed by atoms with van der Waals surface area (Å²) in [5.41, 5.74) is 1.62. The van der Waals surface area contributed by atoms with E-state index in [2.05, 4.69) is 22.9 Å². The molecule has 10 heteroatoms. The van der Waals surface area contributed by atoms with E-state index in [0.29, 0.717) is 17.0 Å². The molecule has 0 aliphatic carbocycles. The topological polar surface area (TPSA) is 56.1 Å². The molecule has 0 radical (unpaired) electrons. The van der Waals surface area contributed by atoms with Crippen molar-refractivity contribution in [3.05, 3.63) is 75.8 Å². The number of nitrogens with zero attached hydrogens (tertiary/aromatic N) is 3. The summed E-state index contributed by atoms with van der Waals surface area (Å²) in [6.45, 7) is 9.60. The summed E-state index contributed by atoms with van der Waals surface area (Å²) in [7, 11) is 3.57. The number of phenols is 1. The van der Waals surface area contributed by atoms with E-state index in [1.165, 1.54) is 33.6 Å². The molecule has 2 aromatic carbocycles. The van der Waals surface area contributed by atoms with Gasteiger partial charge in [-0.25, -0.2) is 0 Å². The first-order valence-corrected chi connectivity index (χ1v) is 19.0. The SMILES string of the molecule is CC.CC/C=C(/SCCCN1CI2C[C@@]2(c2ccc(O)c(C(C)=O)c2)C1)N(C)C(=NC)c1ccc(C(F)(F)F)cc1. The number of aliphatic imine (C=N–C) groups is 1. The van der Waals surface area contributed by atoms with Gasteiger partial charge in [0.2, 0.25) is 0 Å². The number of alkyl halides is 6. The molecular formula is C31H41F3IN3O2S. The van der Waals surface area contributed by atoms with Gasteiger partial charge in [0.1, 0.15) is 0 Å². The van der Waals surface area contributed by atoms with Gasteiger partial charge in [0, 0.05) is 0 Å². The molecule has 2 aliphatic rings. The van der Waals surface area contributed by atoms with Gasteiger partial charge >= 0.3 is 222 Å². The van der Waals surface area contributed by atoms with Crippen LogP contribution in [0.5, 0.6) is 5.75 Å². The van der Waals surface area contributed by atoms with Crippen molar-refractivity contribution in [1.29, 1.82) is 0 Å². The molecule has 0 saturated carbocycles. The fourth-order valence-corrected chi connectivity index (χ4v) is 14.2. The van der Waals surface area contributed by atoms with E-state index in [9.17, 15) is 23.1 Å². The Bertz CT molecular complexity index is 1270. The Balaban J connectivity index is 0.00000226. The van der Waals surface area contributed by atoms with Crippen molar-refractivity contribution in [3.8, 4) is 5.75 Å². The first-order valence-electron chi connectivity index (χ1n) is 13.9. The van der Waals surface area contributed by atoms with Crippen molar-refractivity contribution in [2.75, 3.05) is 41.9 Å². The quantitative estimate of drug-likeness (QED) is 0.0517. The van der Waals surface area contributed by atoms with E-state index in [-0.39, 0.29) is 15.0 Å². The number of aromatic hydroxyl groups is 1. The van der Waals surface area contributed by atoms with Crippen LogP contribution in [0.3, 0.4) is 0 Å². The van der Waals surface area contributed by atoms with Gasteiger partial charge in [0.25, 0.3) is 0 Å². The number of Topliss-reactive ketones (excluding diaryl/α,β-unsaturated/α-hetero) is 1. The van der Waals surface area contributed by atoms with Crippen LogP contribution >= 0.6 is 31.6 Å². The zero-order chi connectivity index (χ0) is 30.4. The van der Waals surface area contributed by atoms with Crippen LogP contribution in [0.25, 0.3) is 0 Å². The third-order valence-corrected chi connectivity index (χ3v) is 15.7. The van der Waals surface area contributed by atoms with Gasteiger partial charge in [0.15, 0.2) is 0 Å². The molecule has 41 heavy (non-hydrogen) atoms. The number of phenolic OH excluding ortho intramolecular Hbond substituents is 1.